The molecule has 0 bridgehead atoms. The molecular formula is C16H19ClF3NO4. The zero-order valence-electron chi connectivity index (χ0n) is 13.9. The quantitative estimate of drug-likeness (QED) is 0.798. The van der Waals surface area contributed by atoms with Crippen molar-refractivity contribution in [3.05, 3.63) is 34.3 Å². The van der Waals surface area contributed by atoms with Crippen LogP contribution in [0, 0.1) is 0 Å². The minimum atomic E-state index is -4.56. The van der Waals surface area contributed by atoms with Crippen LogP contribution in [0.5, 0.6) is 0 Å². The van der Waals surface area contributed by atoms with E-state index in [0.717, 1.165) is 12.1 Å². The normalized spacial score (nSPS) is 13.2. The highest BCUT2D eigenvalue weighted by atomic mass is 35.5. The number of carboxylic acids is 1. The number of aliphatic carboxylic acids is 1. The molecule has 25 heavy (non-hydrogen) atoms. The highest BCUT2D eigenvalue weighted by Crippen LogP contribution is 2.35. The maximum Gasteiger partial charge on any atom is 0.417 e. The van der Waals surface area contributed by atoms with Gasteiger partial charge in [0.15, 0.2) is 0 Å². The molecule has 0 saturated heterocycles. The molecule has 0 heterocycles. The lowest BCUT2D eigenvalue weighted by Gasteiger charge is -2.22. The maximum atomic E-state index is 12.7. The highest BCUT2D eigenvalue weighted by Gasteiger charge is 2.33. The van der Waals surface area contributed by atoms with Crippen molar-refractivity contribution in [3.8, 4) is 0 Å². The Bertz CT molecular complexity index is 641. The summed E-state index contributed by atoms with van der Waals surface area (Å²) < 4.78 is 42.9. The Hall–Kier alpha value is -1.96. The number of carboxylic acid groups (broad SMARTS) is 1. The van der Waals surface area contributed by atoms with E-state index in [1.165, 1.54) is 6.07 Å². The largest absolute Gasteiger partial charge is 0.480 e. The van der Waals surface area contributed by atoms with Crippen molar-refractivity contribution in [3.63, 3.8) is 0 Å². The summed E-state index contributed by atoms with van der Waals surface area (Å²) in [5.41, 5.74) is -1.32. The number of hydrogen-bond acceptors (Lipinski definition) is 3. The number of halogens is 4. The fourth-order valence-electron chi connectivity index (χ4n) is 1.96. The highest BCUT2D eigenvalue weighted by molar-refractivity contribution is 6.31. The number of benzene rings is 1. The lowest BCUT2D eigenvalue weighted by molar-refractivity contribution is -0.139. The molecule has 0 saturated carbocycles. The molecule has 5 nitrogen and oxygen atoms in total. The van der Waals surface area contributed by atoms with E-state index >= 15 is 0 Å². The van der Waals surface area contributed by atoms with Crippen LogP contribution in [0.25, 0.3) is 0 Å². The number of ether oxygens (including phenoxy) is 1. The van der Waals surface area contributed by atoms with Crippen LogP contribution in [0.3, 0.4) is 0 Å². The van der Waals surface area contributed by atoms with Crippen LogP contribution in [0.1, 0.15) is 38.3 Å². The van der Waals surface area contributed by atoms with Gasteiger partial charge >= 0.3 is 18.2 Å². The monoisotopic (exact) mass is 381 g/mol. The molecule has 1 atom stereocenters. The molecule has 0 radical (unpaired) electrons. The van der Waals surface area contributed by atoms with E-state index in [-0.39, 0.29) is 12.8 Å². The Labute approximate surface area is 148 Å². The molecule has 0 spiro atoms. The third kappa shape index (κ3) is 7.21. The second-order valence-corrected chi connectivity index (χ2v) is 6.79. The molecular weight excluding hydrogens is 363 g/mol. The number of amides is 1. The second-order valence-electron chi connectivity index (χ2n) is 6.39. The number of aryl methyl sites for hydroxylation is 1. The number of alkyl halides is 3. The Morgan fingerprint density at radius 1 is 1.28 bits per heavy atom. The second kappa shape index (κ2) is 7.95. The summed E-state index contributed by atoms with van der Waals surface area (Å²) in [7, 11) is 0. The molecule has 1 amide bonds. The first-order valence-electron chi connectivity index (χ1n) is 7.37. The average Bonchev–Trinajstić information content (AvgIpc) is 2.39. The summed E-state index contributed by atoms with van der Waals surface area (Å²) in [5, 5.41) is 10.9. The van der Waals surface area contributed by atoms with Gasteiger partial charge in [-0.25, -0.2) is 9.59 Å². The number of carbonyl (C=O) groups is 2. The standard InChI is InChI=1S/C16H19ClF3NO4/c1-15(2,3)25-14(24)21-12(13(22)23)7-5-9-4-6-10(11(17)8-9)16(18,19)20/h4,6,8,12H,5,7H2,1-3H3,(H,21,24)(H,22,23). The van der Waals surface area contributed by atoms with Gasteiger partial charge in [0, 0.05) is 0 Å². The summed E-state index contributed by atoms with van der Waals surface area (Å²) in [4.78, 5) is 22.9. The van der Waals surface area contributed by atoms with Crippen molar-refractivity contribution in [2.75, 3.05) is 0 Å². The molecule has 1 aromatic rings. The minimum absolute atomic E-state index is 0.0315. The Morgan fingerprint density at radius 3 is 2.32 bits per heavy atom. The molecule has 0 aliphatic carbocycles. The summed E-state index contributed by atoms with van der Waals surface area (Å²) in [6.07, 6.45) is -5.36. The van der Waals surface area contributed by atoms with E-state index in [2.05, 4.69) is 5.32 Å². The molecule has 0 aliphatic heterocycles. The molecule has 9 heteroatoms. The van der Waals surface area contributed by atoms with Crippen molar-refractivity contribution in [1.82, 2.24) is 5.32 Å². The Balaban J connectivity index is 2.74. The number of alkyl carbamates (subject to hydrolysis) is 1. The van der Waals surface area contributed by atoms with E-state index in [9.17, 15) is 22.8 Å². The predicted octanol–water partition coefficient (Wildman–Crippen LogP) is 4.27. The topological polar surface area (TPSA) is 75.6 Å². The van der Waals surface area contributed by atoms with Crippen LogP contribution in [-0.4, -0.2) is 28.8 Å². The summed E-state index contributed by atoms with van der Waals surface area (Å²) >= 11 is 5.62. The van der Waals surface area contributed by atoms with Crippen molar-refractivity contribution in [2.45, 2.75) is 51.4 Å². The molecule has 1 rings (SSSR count). The molecule has 1 unspecified atom stereocenters. The summed E-state index contributed by atoms with van der Waals surface area (Å²) in [6, 6.07) is 1.96. The van der Waals surface area contributed by atoms with Crippen molar-refractivity contribution < 1.29 is 32.6 Å². The SMILES string of the molecule is CC(C)(C)OC(=O)NC(CCc1ccc(C(F)(F)F)c(Cl)c1)C(=O)O. The van der Waals surface area contributed by atoms with Crippen LogP contribution in [0.2, 0.25) is 5.02 Å². The number of rotatable bonds is 5. The van der Waals surface area contributed by atoms with Gasteiger partial charge in [-0.2, -0.15) is 13.2 Å². The fraction of sp³-hybridized carbons (Fsp3) is 0.500. The van der Waals surface area contributed by atoms with Gasteiger partial charge in [0.1, 0.15) is 11.6 Å². The summed E-state index contributed by atoms with van der Waals surface area (Å²) in [5.74, 6) is -1.27. The zero-order valence-corrected chi connectivity index (χ0v) is 14.7. The average molecular weight is 382 g/mol. The van der Waals surface area contributed by atoms with Crippen LogP contribution in [-0.2, 0) is 22.1 Å². The first-order valence-corrected chi connectivity index (χ1v) is 7.75. The number of carbonyl (C=O) groups excluding carboxylic acids is 1. The minimum Gasteiger partial charge on any atom is -0.480 e. The lowest BCUT2D eigenvalue weighted by Crippen LogP contribution is -2.43. The Kier molecular flexibility index (Phi) is 6.70. The van der Waals surface area contributed by atoms with Gasteiger partial charge in [-0.3, -0.25) is 0 Å². The molecule has 2 N–H and O–H groups in total. The predicted molar refractivity (Wildman–Crippen MR) is 85.6 cm³/mol. The maximum absolute atomic E-state index is 12.7. The van der Waals surface area contributed by atoms with E-state index in [4.69, 9.17) is 21.4 Å². The van der Waals surface area contributed by atoms with Crippen LogP contribution in [0.4, 0.5) is 18.0 Å². The van der Waals surface area contributed by atoms with Gasteiger partial charge in [0.2, 0.25) is 0 Å². The molecule has 0 aliphatic rings. The van der Waals surface area contributed by atoms with Crippen LogP contribution in [0.15, 0.2) is 18.2 Å². The van der Waals surface area contributed by atoms with Gasteiger partial charge in [-0.05, 0) is 51.3 Å². The smallest absolute Gasteiger partial charge is 0.417 e. The van der Waals surface area contributed by atoms with Gasteiger partial charge in [-0.15, -0.1) is 0 Å². The first-order chi connectivity index (χ1) is 11.3. The van der Waals surface area contributed by atoms with Gasteiger partial charge in [0.25, 0.3) is 0 Å². The van der Waals surface area contributed by atoms with E-state index in [1.807, 2.05) is 0 Å². The Morgan fingerprint density at radius 2 is 1.88 bits per heavy atom. The first kappa shape index (κ1) is 21.1. The van der Waals surface area contributed by atoms with Crippen LogP contribution >= 0.6 is 11.6 Å². The van der Waals surface area contributed by atoms with Gasteiger partial charge in [0.05, 0.1) is 10.6 Å². The summed E-state index contributed by atoms with van der Waals surface area (Å²) in [6.45, 7) is 4.89. The number of nitrogens with one attached hydrogen (secondary N) is 1. The lowest BCUT2D eigenvalue weighted by atomic mass is 10.0. The van der Waals surface area contributed by atoms with Crippen LogP contribution < -0.4 is 5.32 Å². The third-order valence-electron chi connectivity index (χ3n) is 3.05. The molecule has 140 valence electrons. The van der Waals surface area contributed by atoms with E-state index < -0.39 is 40.5 Å². The van der Waals surface area contributed by atoms with Crippen molar-refractivity contribution in [1.29, 1.82) is 0 Å². The van der Waals surface area contributed by atoms with E-state index in [0.29, 0.717) is 5.56 Å². The molecule has 0 fully saturated rings. The van der Waals surface area contributed by atoms with Gasteiger partial charge < -0.3 is 15.2 Å². The van der Waals surface area contributed by atoms with Crippen molar-refractivity contribution >= 4 is 23.7 Å². The number of hydrogen-bond donors (Lipinski definition) is 2. The molecule has 1 aromatic carbocycles. The van der Waals surface area contributed by atoms with Gasteiger partial charge in [-0.1, -0.05) is 17.7 Å². The fourth-order valence-corrected chi connectivity index (χ4v) is 2.27. The molecule has 0 aromatic heterocycles. The zero-order chi connectivity index (χ0) is 19.4. The van der Waals surface area contributed by atoms with Crippen molar-refractivity contribution in [2.24, 2.45) is 0 Å². The third-order valence-corrected chi connectivity index (χ3v) is 3.36. The van der Waals surface area contributed by atoms with E-state index in [1.54, 1.807) is 20.8 Å².